The van der Waals surface area contributed by atoms with Gasteiger partial charge >= 0.3 is 0 Å². The fourth-order valence-corrected chi connectivity index (χ4v) is 4.63. The van der Waals surface area contributed by atoms with Crippen molar-refractivity contribution in [1.82, 2.24) is 14.5 Å². The van der Waals surface area contributed by atoms with Crippen molar-refractivity contribution >= 4 is 11.6 Å². The minimum absolute atomic E-state index is 0.0367. The second-order valence-corrected chi connectivity index (χ2v) is 10.1. The second kappa shape index (κ2) is 11.0. The zero-order valence-corrected chi connectivity index (χ0v) is 21.8. The maximum atomic E-state index is 13.8. The smallest absolute Gasteiger partial charge is 0.259 e. The third kappa shape index (κ3) is 5.75. The van der Waals surface area contributed by atoms with Crippen molar-refractivity contribution in [2.75, 3.05) is 18.1 Å². The van der Waals surface area contributed by atoms with Gasteiger partial charge in [0.2, 0.25) is 5.95 Å². The molecule has 3 aromatic carbocycles. The molecule has 0 spiro atoms. The summed E-state index contributed by atoms with van der Waals surface area (Å²) in [7, 11) is 0. The maximum Gasteiger partial charge on any atom is 0.259 e. The first kappa shape index (κ1) is 24.8. The van der Waals surface area contributed by atoms with Gasteiger partial charge in [0.15, 0.2) is 0 Å². The quantitative estimate of drug-likeness (QED) is 0.286. The van der Waals surface area contributed by atoms with E-state index in [-0.39, 0.29) is 5.56 Å². The summed E-state index contributed by atoms with van der Waals surface area (Å²) in [5.74, 6) is 2.85. The fraction of sp³-hybridized carbons (Fsp3) is 0.290. The van der Waals surface area contributed by atoms with Gasteiger partial charge in [-0.1, -0.05) is 62.4 Å². The number of benzene rings is 3. The number of hydrogen-bond donors (Lipinski definition) is 0. The molecule has 1 aliphatic rings. The average Bonchev–Trinajstić information content (AvgIpc) is 2.91. The monoisotopic (exact) mass is 494 g/mol. The Kier molecular flexibility index (Phi) is 7.37. The third-order valence-electron chi connectivity index (χ3n) is 6.75. The topological polar surface area (TPSA) is 50.6 Å². The number of ether oxygens (including phenoxy) is 1. The van der Waals surface area contributed by atoms with E-state index in [0.717, 1.165) is 47.0 Å². The van der Waals surface area contributed by atoms with Crippen LogP contribution in [0.1, 0.15) is 37.1 Å². The van der Waals surface area contributed by atoms with Gasteiger partial charge in [0.25, 0.3) is 5.56 Å². The molecular formula is C31H34N4O2. The fourth-order valence-electron chi connectivity index (χ4n) is 4.63. The van der Waals surface area contributed by atoms with E-state index in [2.05, 4.69) is 35.8 Å². The largest absolute Gasteiger partial charge is 0.457 e. The van der Waals surface area contributed by atoms with Gasteiger partial charge in [-0.25, -0.2) is 4.98 Å². The Balaban J connectivity index is 1.48. The molecule has 1 aliphatic heterocycles. The van der Waals surface area contributed by atoms with Crippen LogP contribution in [0.5, 0.6) is 11.5 Å². The second-order valence-electron chi connectivity index (χ2n) is 10.1. The molecule has 0 bridgehead atoms. The van der Waals surface area contributed by atoms with Gasteiger partial charge in [0.05, 0.1) is 19.0 Å². The predicted molar refractivity (Wildman–Crippen MR) is 149 cm³/mol. The lowest BCUT2D eigenvalue weighted by Crippen LogP contribution is -2.48. The first-order chi connectivity index (χ1) is 18.0. The number of aromatic nitrogens is 2. The molecule has 5 rings (SSSR count). The van der Waals surface area contributed by atoms with Crippen LogP contribution in [0, 0.1) is 12.8 Å². The van der Waals surface area contributed by atoms with Crippen LogP contribution in [-0.4, -0.2) is 27.7 Å². The third-order valence-corrected chi connectivity index (χ3v) is 6.75. The van der Waals surface area contributed by atoms with Crippen LogP contribution in [0.25, 0.3) is 0 Å². The Labute approximate surface area is 218 Å². The van der Waals surface area contributed by atoms with E-state index in [9.17, 15) is 4.79 Å². The highest BCUT2D eigenvalue weighted by atomic mass is 16.5. The molecule has 37 heavy (non-hydrogen) atoms. The molecule has 0 radical (unpaired) electrons. The normalized spacial score (nSPS) is 13.6. The molecule has 0 fully saturated rings. The molecule has 4 aromatic rings. The molecule has 1 aromatic heterocycles. The van der Waals surface area contributed by atoms with Crippen molar-refractivity contribution in [3.8, 4) is 11.5 Å². The number of anilines is 2. The number of para-hydroxylation sites is 1. The van der Waals surface area contributed by atoms with Crippen molar-refractivity contribution in [1.29, 1.82) is 0 Å². The lowest BCUT2D eigenvalue weighted by atomic mass is 10.1. The van der Waals surface area contributed by atoms with Crippen molar-refractivity contribution in [2.24, 2.45) is 5.92 Å². The molecule has 190 valence electrons. The number of rotatable bonds is 8. The van der Waals surface area contributed by atoms with Crippen LogP contribution in [0.15, 0.2) is 89.7 Å². The van der Waals surface area contributed by atoms with Gasteiger partial charge in [0, 0.05) is 24.2 Å². The first-order valence-electron chi connectivity index (χ1n) is 12.9. The van der Waals surface area contributed by atoms with Gasteiger partial charge in [-0.15, -0.1) is 0 Å². The van der Waals surface area contributed by atoms with E-state index >= 15 is 0 Å². The Bertz CT molecular complexity index is 1380. The van der Waals surface area contributed by atoms with Gasteiger partial charge in [-0.3, -0.25) is 19.2 Å². The molecule has 6 nitrogen and oxygen atoms in total. The summed E-state index contributed by atoms with van der Waals surface area (Å²) < 4.78 is 7.82. The molecule has 0 N–H and O–H groups in total. The molecule has 0 saturated carbocycles. The summed E-state index contributed by atoms with van der Waals surface area (Å²) in [5, 5.41) is 0. The zero-order chi connectivity index (χ0) is 25.8. The van der Waals surface area contributed by atoms with E-state index in [0.29, 0.717) is 31.6 Å². The van der Waals surface area contributed by atoms with E-state index in [1.807, 2.05) is 84.3 Å². The van der Waals surface area contributed by atoms with Crippen molar-refractivity contribution in [3.05, 3.63) is 112 Å². The van der Waals surface area contributed by atoms with Gasteiger partial charge in [-0.05, 0) is 61.2 Å². The minimum atomic E-state index is 0.0367. The van der Waals surface area contributed by atoms with E-state index in [1.54, 1.807) is 0 Å². The van der Waals surface area contributed by atoms with Crippen molar-refractivity contribution < 1.29 is 4.74 Å². The van der Waals surface area contributed by atoms with Crippen LogP contribution in [0.4, 0.5) is 11.6 Å². The maximum absolute atomic E-state index is 13.8. The molecule has 0 saturated heterocycles. The molecular weight excluding hydrogens is 460 g/mol. The summed E-state index contributed by atoms with van der Waals surface area (Å²) in [4.78, 5) is 23.2. The Hall–Kier alpha value is -3.90. The molecule has 2 heterocycles. The lowest BCUT2D eigenvalue weighted by Gasteiger charge is -2.38. The summed E-state index contributed by atoms with van der Waals surface area (Å²) in [6.07, 6.45) is 1.65. The van der Waals surface area contributed by atoms with Crippen LogP contribution in [-0.2, 0) is 13.1 Å². The van der Waals surface area contributed by atoms with Crippen LogP contribution in [0.3, 0.4) is 0 Å². The Morgan fingerprint density at radius 2 is 1.51 bits per heavy atom. The Morgan fingerprint density at radius 1 is 0.865 bits per heavy atom. The lowest BCUT2D eigenvalue weighted by molar-refractivity contribution is 0.188. The van der Waals surface area contributed by atoms with Crippen molar-refractivity contribution in [2.45, 2.75) is 40.3 Å². The SMILES string of the molecule is Cc1nc2n(c(=O)c1Cc1ccccc1)CN(CCC(C)C)CN2c1ccc(Oc2ccccc2)cc1. The zero-order valence-electron chi connectivity index (χ0n) is 21.8. The molecule has 0 amide bonds. The summed E-state index contributed by atoms with van der Waals surface area (Å²) in [6, 6.07) is 27.9. The average molecular weight is 495 g/mol. The van der Waals surface area contributed by atoms with E-state index < -0.39 is 0 Å². The number of fused-ring (bicyclic) bond motifs is 1. The van der Waals surface area contributed by atoms with Crippen LogP contribution >= 0.6 is 0 Å². The molecule has 6 heteroatoms. The van der Waals surface area contributed by atoms with Crippen LogP contribution < -0.4 is 15.2 Å². The standard InChI is InChI=1S/C31H34N4O2/c1-23(2)18-19-33-21-34(26-14-16-28(17-15-26)37-27-12-8-5-9-13-27)31-32-24(3)29(30(36)35(31)22-33)20-25-10-6-4-7-11-25/h4-17,23H,18-22H2,1-3H3. The predicted octanol–water partition coefficient (Wildman–Crippen LogP) is 6.35. The molecule has 0 unspecified atom stereocenters. The summed E-state index contributed by atoms with van der Waals surface area (Å²) in [6.45, 7) is 8.54. The molecule has 0 aliphatic carbocycles. The number of hydrogen-bond acceptors (Lipinski definition) is 5. The minimum Gasteiger partial charge on any atom is -0.457 e. The summed E-state index contributed by atoms with van der Waals surface area (Å²) in [5.41, 5.74) is 3.67. The highest BCUT2D eigenvalue weighted by Crippen LogP contribution is 2.31. The Morgan fingerprint density at radius 3 is 2.19 bits per heavy atom. The van der Waals surface area contributed by atoms with E-state index in [4.69, 9.17) is 9.72 Å². The number of nitrogens with zero attached hydrogens (tertiary/aromatic N) is 4. The van der Waals surface area contributed by atoms with Gasteiger partial charge in [-0.2, -0.15) is 0 Å². The number of aryl methyl sites for hydroxylation is 1. The highest BCUT2D eigenvalue weighted by molar-refractivity contribution is 5.60. The van der Waals surface area contributed by atoms with Crippen LogP contribution in [0.2, 0.25) is 0 Å². The highest BCUT2D eigenvalue weighted by Gasteiger charge is 2.28. The first-order valence-corrected chi connectivity index (χ1v) is 12.9. The summed E-state index contributed by atoms with van der Waals surface area (Å²) >= 11 is 0. The van der Waals surface area contributed by atoms with Gasteiger partial charge < -0.3 is 4.74 Å². The molecule has 0 atom stereocenters. The van der Waals surface area contributed by atoms with E-state index in [1.165, 1.54) is 0 Å². The van der Waals surface area contributed by atoms with Gasteiger partial charge in [0.1, 0.15) is 11.5 Å². The van der Waals surface area contributed by atoms with Crippen molar-refractivity contribution in [3.63, 3.8) is 0 Å².